The van der Waals surface area contributed by atoms with E-state index in [1.165, 1.54) is 148 Å². The largest absolute Gasteiger partial charge is 0.462 e. The number of rotatable bonds is 51. The highest BCUT2D eigenvalue weighted by Crippen LogP contribution is 2.16. The summed E-state index contributed by atoms with van der Waals surface area (Å²) < 4.78 is 16.7. The second-order valence-electron chi connectivity index (χ2n) is 18.8. The standard InChI is InChI=1S/C60H106O6/c1-4-7-10-13-15-17-19-21-23-24-25-26-27-28-29-30-31-32-33-34-35-36-37-39-40-42-44-47-50-53-59(62)65-56-57(55-64-58(61)52-49-46-12-9-6-3)66-60(63)54-51-48-45-43-41-38-22-20-18-16-14-11-8-5-2/h7,10,15,17,20-23,25-26,57H,4-6,8-9,11-14,16,18-19,24,27-56H2,1-3H3/b10-7-,17-15-,22-20-,23-21-,26-25-. The van der Waals surface area contributed by atoms with Crippen LogP contribution in [0.5, 0.6) is 0 Å². The summed E-state index contributed by atoms with van der Waals surface area (Å²) in [6, 6.07) is 0. The fourth-order valence-electron chi connectivity index (χ4n) is 8.02. The van der Waals surface area contributed by atoms with Crippen LogP contribution < -0.4 is 0 Å². The Labute approximate surface area is 409 Å². The van der Waals surface area contributed by atoms with E-state index in [2.05, 4.69) is 81.5 Å². The number of unbranched alkanes of at least 4 members (excludes halogenated alkanes) is 30. The first kappa shape index (κ1) is 63.1. The summed E-state index contributed by atoms with van der Waals surface area (Å²) in [6.45, 7) is 6.44. The number of ether oxygens (including phenoxy) is 3. The Morgan fingerprint density at radius 3 is 0.939 bits per heavy atom. The molecule has 1 atom stereocenters. The minimum atomic E-state index is -0.772. The monoisotopic (exact) mass is 923 g/mol. The second kappa shape index (κ2) is 54.7. The van der Waals surface area contributed by atoms with Crippen LogP contribution in [-0.4, -0.2) is 37.2 Å². The Balaban J connectivity index is 3.98. The molecule has 0 amide bonds. The van der Waals surface area contributed by atoms with E-state index in [9.17, 15) is 14.4 Å². The van der Waals surface area contributed by atoms with Crippen molar-refractivity contribution in [3.05, 3.63) is 60.8 Å². The third-order valence-corrected chi connectivity index (χ3v) is 12.3. The van der Waals surface area contributed by atoms with Crippen molar-refractivity contribution in [1.82, 2.24) is 0 Å². The molecule has 0 N–H and O–H groups in total. The minimum Gasteiger partial charge on any atom is -0.462 e. The molecule has 0 fully saturated rings. The first-order chi connectivity index (χ1) is 32.5. The number of hydrogen-bond donors (Lipinski definition) is 0. The number of hydrogen-bond acceptors (Lipinski definition) is 6. The Hall–Kier alpha value is -2.89. The fourth-order valence-corrected chi connectivity index (χ4v) is 8.02. The van der Waals surface area contributed by atoms with Gasteiger partial charge in [0.2, 0.25) is 0 Å². The Morgan fingerprint density at radius 1 is 0.318 bits per heavy atom. The molecule has 0 aromatic rings. The van der Waals surface area contributed by atoms with Crippen LogP contribution in [0, 0.1) is 0 Å². The van der Waals surface area contributed by atoms with Gasteiger partial charge in [-0.05, 0) is 83.5 Å². The third-order valence-electron chi connectivity index (χ3n) is 12.3. The summed E-state index contributed by atoms with van der Waals surface area (Å²) in [5.74, 6) is -0.890. The van der Waals surface area contributed by atoms with E-state index < -0.39 is 6.10 Å². The average molecular weight is 924 g/mol. The van der Waals surface area contributed by atoms with E-state index in [0.29, 0.717) is 19.3 Å². The van der Waals surface area contributed by atoms with Crippen molar-refractivity contribution in [2.75, 3.05) is 13.2 Å². The van der Waals surface area contributed by atoms with Crippen LogP contribution in [0.15, 0.2) is 60.8 Å². The molecule has 0 radical (unpaired) electrons. The zero-order valence-electron chi connectivity index (χ0n) is 43.7. The van der Waals surface area contributed by atoms with Gasteiger partial charge in [-0.25, -0.2) is 0 Å². The average Bonchev–Trinajstić information content (AvgIpc) is 3.31. The van der Waals surface area contributed by atoms with Gasteiger partial charge >= 0.3 is 17.9 Å². The molecule has 382 valence electrons. The summed E-state index contributed by atoms with van der Waals surface area (Å²) in [5.41, 5.74) is 0. The van der Waals surface area contributed by atoms with Crippen LogP contribution in [-0.2, 0) is 28.6 Å². The number of esters is 3. The third kappa shape index (κ3) is 52.1. The SMILES string of the molecule is CC/C=C\C/C=C\C/C=C\C/C=C\CCCCCCCCCCCCCCCCCCC(=O)OCC(COC(=O)CCCCCCC)OC(=O)CCCCCCC/C=C\CCCCCCC. The van der Waals surface area contributed by atoms with Crippen molar-refractivity contribution in [2.24, 2.45) is 0 Å². The molecule has 0 aliphatic carbocycles. The molecule has 66 heavy (non-hydrogen) atoms. The number of allylic oxidation sites excluding steroid dienone is 10. The van der Waals surface area contributed by atoms with E-state index in [-0.39, 0.29) is 31.1 Å². The van der Waals surface area contributed by atoms with Crippen molar-refractivity contribution >= 4 is 17.9 Å². The summed E-state index contributed by atoms with van der Waals surface area (Å²) in [4.78, 5) is 37.7. The van der Waals surface area contributed by atoms with Gasteiger partial charge in [0.25, 0.3) is 0 Å². The lowest BCUT2D eigenvalue weighted by atomic mass is 10.0. The van der Waals surface area contributed by atoms with Crippen LogP contribution in [0.4, 0.5) is 0 Å². The Bertz CT molecular complexity index is 1200. The molecule has 0 aliphatic heterocycles. The van der Waals surface area contributed by atoms with Crippen LogP contribution in [0.1, 0.15) is 284 Å². The van der Waals surface area contributed by atoms with E-state index in [0.717, 1.165) is 96.3 Å². The van der Waals surface area contributed by atoms with Crippen LogP contribution >= 0.6 is 0 Å². The molecule has 0 aliphatic rings. The van der Waals surface area contributed by atoms with E-state index in [1.807, 2.05) is 0 Å². The molecule has 0 heterocycles. The molecular weight excluding hydrogens is 817 g/mol. The Morgan fingerprint density at radius 2 is 0.591 bits per heavy atom. The van der Waals surface area contributed by atoms with E-state index in [1.54, 1.807) is 0 Å². The first-order valence-electron chi connectivity index (χ1n) is 28.3. The predicted octanol–water partition coefficient (Wildman–Crippen LogP) is 18.8. The van der Waals surface area contributed by atoms with Crippen molar-refractivity contribution < 1.29 is 28.6 Å². The molecule has 0 rings (SSSR count). The van der Waals surface area contributed by atoms with Gasteiger partial charge in [0.15, 0.2) is 6.10 Å². The van der Waals surface area contributed by atoms with Gasteiger partial charge < -0.3 is 14.2 Å². The molecule has 0 bridgehead atoms. The zero-order valence-corrected chi connectivity index (χ0v) is 43.7. The maximum atomic E-state index is 12.7. The summed E-state index contributed by atoms with van der Waals surface area (Å²) in [7, 11) is 0. The molecule has 0 saturated carbocycles. The van der Waals surface area contributed by atoms with Crippen molar-refractivity contribution in [3.63, 3.8) is 0 Å². The molecule has 0 aromatic heterocycles. The lowest BCUT2D eigenvalue weighted by Gasteiger charge is -2.18. The Kier molecular flexibility index (Phi) is 52.3. The normalized spacial score (nSPS) is 12.5. The van der Waals surface area contributed by atoms with Gasteiger partial charge in [-0.2, -0.15) is 0 Å². The zero-order chi connectivity index (χ0) is 47.9. The van der Waals surface area contributed by atoms with Crippen LogP contribution in [0.25, 0.3) is 0 Å². The van der Waals surface area contributed by atoms with Gasteiger partial charge in [-0.15, -0.1) is 0 Å². The lowest BCUT2D eigenvalue weighted by molar-refractivity contribution is -0.167. The molecule has 6 nitrogen and oxygen atoms in total. The highest BCUT2D eigenvalue weighted by atomic mass is 16.6. The smallest absolute Gasteiger partial charge is 0.306 e. The topological polar surface area (TPSA) is 78.9 Å². The fraction of sp³-hybridized carbons (Fsp3) is 0.783. The van der Waals surface area contributed by atoms with Gasteiger partial charge in [0.05, 0.1) is 0 Å². The van der Waals surface area contributed by atoms with Crippen molar-refractivity contribution in [1.29, 1.82) is 0 Å². The highest BCUT2D eigenvalue weighted by molar-refractivity contribution is 5.71. The number of carbonyl (C=O) groups is 3. The van der Waals surface area contributed by atoms with Gasteiger partial charge in [0.1, 0.15) is 13.2 Å². The van der Waals surface area contributed by atoms with Gasteiger partial charge in [0, 0.05) is 19.3 Å². The molecule has 0 aromatic carbocycles. The molecule has 6 heteroatoms. The van der Waals surface area contributed by atoms with E-state index >= 15 is 0 Å². The van der Waals surface area contributed by atoms with E-state index in [4.69, 9.17) is 14.2 Å². The summed E-state index contributed by atoms with van der Waals surface area (Å²) in [5, 5.41) is 0. The molecule has 0 saturated heterocycles. The predicted molar refractivity (Wildman–Crippen MR) is 284 cm³/mol. The molecule has 1 unspecified atom stereocenters. The van der Waals surface area contributed by atoms with Crippen molar-refractivity contribution in [2.45, 2.75) is 290 Å². The highest BCUT2D eigenvalue weighted by Gasteiger charge is 2.19. The first-order valence-corrected chi connectivity index (χ1v) is 28.3. The molecular formula is C60H106O6. The maximum Gasteiger partial charge on any atom is 0.306 e. The molecule has 0 spiro atoms. The van der Waals surface area contributed by atoms with Crippen molar-refractivity contribution in [3.8, 4) is 0 Å². The minimum absolute atomic E-state index is 0.0750. The van der Waals surface area contributed by atoms with Gasteiger partial charge in [-0.1, -0.05) is 242 Å². The summed E-state index contributed by atoms with van der Waals surface area (Å²) in [6.07, 6.45) is 68.4. The van der Waals surface area contributed by atoms with Crippen LogP contribution in [0.3, 0.4) is 0 Å². The maximum absolute atomic E-state index is 12.7. The van der Waals surface area contributed by atoms with Gasteiger partial charge in [-0.3, -0.25) is 14.4 Å². The second-order valence-corrected chi connectivity index (χ2v) is 18.8. The quantitative estimate of drug-likeness (QED) is 0.0262. The summed E-state index contributed by atoms with van der Waals surface area (Å²) >= 11 is 0. The number of carbonyl (C=O) groups excluding carboxylic acids is 3. The van der Waals surface area contributed by atoms with Crippen LogP contribution in [0.2, 0.25) is 0 Å². The lowest BCUT2D eigenvalue weighted by Crippen LogP contribution is -2.30.